The zero-order valence-electron chi connectivity index (χ0n) is 17.5. The summed E-state index contributed by atoms with van der Waals surface area (Å²) in [4.78, 5) is 51.5. The van der Waals surface area contributed by atoms with Gasteiger partial charge in [0.05, 0.1) is 6.54 Å². The topological polar surface area (TPSA) is 137 Å². The van der Waals surface area contributed by atoms with Crippen LogP contribution in [0.5, 0.6) is 0 Å². The predicted molar refractivity (Wildman–Crippen MR) is 118 cm³/mol. The number of primary amides is 1. The number of benzene rings is 1. The number of hydrogen-bond donors (Lipinski definition) is 4. The molecule has 0 radical (unpaired) electrons. The third kappa shape index (κ3) is 7.10. The van der Waals surface area contributed by atoms with Gasteiger partial charge in [-0.1, -0.05) is 37.0 Å². The fourth-order valence-electron chi connectivity index (χ4n) is 2.94. The van der Waals surface area contributed by atoms with Gasteiger partial charge in [0.25, 0.3) is 23.4 Å². The molecule has 1 aromatic heterocycles. The first kappa shape index (κ1) is 25.4. The zero-order valence-corrected chi connectivity index (χ0v) is 19.0. The highest BCUT2D eigenvalue weighted by atomic mass is 35.5. The Morgan fingerprint density at radius 2 is 1.91 bits per heavy atom. The molecule has 9 nitrogen and oxygen atoms in total. The number of aromatic amines is 1. The maximum absolute atomic E-state index is 13.3. The first-order chi connectivity index (χ1) is 15.0. The number of halogens is 3. The molecule has 2 aromatic rings. The van der Waals surface area contributed by atoms with E-state index >= 15 is 0 Å². The normalized spacial score (nSPS) is 12.9. The van der Waals surface area contributed by atoms with Crippen LogP contribution in [0, 0.1) is 5.92 Å². The monoisotopic (exact) mass is 487 g/mol. The van der Waals surface area contributed by atoms with Crippen molar-refractivity contribution < 1.29 is 23.6 Å². The minimum Gasteiger partial charge on any atom is -0.370 e. The van der Waals surface area contributed by atoms with Gasteiger partial charge < -0.3 is 16.0 Å². The Hall–Kier alpha value is -2.85. The molecule has 0 bridgehead atoms. The van der Waals surface area contributed by atoms with Crippen molar-refractivity contribution in [3.63, 3.8) is 0 Å². The number of nitrogens with two attached hydrogens (primary N) is 1. The van der Waals surface area contributed by atoms with Crippen LogP contribution in [0.4, 0.5) is 4.39 Å². The Bertz CT molecular complexity index is 1010. The molecule has 0 aliphatic heterocycles. The largest absolute Gasteiger partial charge is 0.370 e. The van der Waals surface area contributed by atoms with Gasteiger partial charge in [0.1, 0.15) is 11.7 Å². The van der Waals surface area contributed by atoms with Crippen molar-refractivity contribution in [2.75, 3.05) is 6.54 Å². The van der Waals surface area contributed by atoms with Gasteiger partial charge in [-0.2, -0.15) is 0 Å². The molecular weight excluding hydrogens is 464 g/mol. The molecule has 0 unspecified atom stereocenters. The summed E-state index contributed by atoms with van der Waals surface area (Å²) in [5.41, 5.74) is 5.74. The van der Waals surface area contributed by atoms with E-state index in [-0.39, 0.29) is 31.0 Å². The van der Waals surface area contributed by atoms with Crippen molar-refractivity contribution in [1.29, 1.82) is 0 Å². The summed E-state index contributed by atoms with van der Waals surface area (Å²) in [6, 6.07) is 5.60. The number of amides is 4. The number of H-pyrrole nitrogens is 1. The summed E-state index contributed by atoms with van der Waals surface area (Å²) in [6.07, 6.45) is -0.101. The molecule has 12 heteroatoms. The molecular formula is C20H24Cl2FN5O4. The van der Waals surface area contributed by atoms with E-state index in [4.69, 9.17) is 28.9 Å². The molecule has 0 aliphatic carbocycles. The number of alkyl halides is 2. The lowest BCUT2D eigenvalue weighted by atomic mass is 10.0. The van der Waals surface area contributed by atoms with E-state index < -0.39 is 35.3 Å². The van der Waals surface area contributed by atoms with E-state index in [2.05, 4.69) is 15.7 Å². The van der Waals surface area contributed by atoms with Crippen molar-refractivity contribution in [2.24, 2.45) is 11.7 Å². The minimum absolute atomic E-state index is 0.00991. The van der Waals surface area contributed by atoms with Crippen LogP contribution in [-0.4, -0.2) is 51.8 Å². The van der Waals surface area contributed by atoms with Gasteiger partial charge >= 0.3 is 0 Å². The maximum Gasteiger partial charge on any atom is 0.291 e. The highest BCUT2D eigenvalue weighted by Crippen LogP contribution is 2.20. The molecule has 0 saturated heterocycles. The van der Waals surface area contributed by atoms with E-state index in [0.717, 1.165) is 0 Å². The Labute approximate surface area is 193 Å². The van der Waals surface area contributed by atoms with E-state index in [1.165, 1.54) is 0 Å². The van der Waals surface area contributed by atoms with Gasteiger partial charge in [-0.15, -0.1) is 0 Å². The number of fused-ring (bicyclic) bond motifs is 1. The molecule has 1 aromatic carbocycles. The number of hydrogen-bond acceptors (Lipinski definition) is 4. The second kappa shape index (κ2) is 11.1. The fraction of sp³-hybridized carbons (Fsp3) is 0.400. The standard InChI is InChI=1S/C20H24Cl2FN5O4/c1-10(2)7-14(19(31)27-28(6-5-16(24)29)20(32)17(22)23)26-18(30)15-9-11-8-12(21)3-4-13(11)25-15/h3-4,8-10,14,17,25H,5-7H2,1-2H3,(H2,24,29)(H,26,30)(H,27,31)/t14-,17+/m0/s1. The molecule has 0 fully saturated rings. The Balaban J connectivity index is 2.18. The number of carbonyl (C=O) groups excluding carboxylic acids is 4. The van der Waals surface area contributed by atoms with Crippen molar-refractivity contribution in [3.8, 4) is 0 Å². The first-order valence-electron chi connectivity index (χ1n) is 9.75. The van der Waals surface area contributed by atoms with Gasteiger partial charge in [-0.25, -0.2) is 9.40 Å². The highest BCUT2D eigenvalue weighted by Gasteiger charge is 2.29. The van der Waals surface area contributed by atoms with Crippen LogP contribution in [-0.2, 0) is 14.4 Å². The van der Waals surface area contributed by atoms with Gasteiger partial charge in [0, 0.05) is 22.3 Å². The quantitative estimate of drug-likeness (QED) is 0.318. The van der Waals surface area contributed by atoms with Crippen molar-refractivity contribution in [1.82, 2.24) is 20.7 Å². The summed E-state index contributed by atoms with van der Waals surface area (Å²) in [6.45, 7) is 3.30. The highest BCUT2D eigenvalue weighted by molar-refractivity contribution is 6.31. The molecule has 32 heavy (non-hydrogen) atoms. The van der Waals surface area contributed by atoms with Crippen LogP contribution >= 0.6 is 23.2 Å². The van der Waals surface area contributed by atoms with Crippen LogP contribution < -0.4 is 16.5 Å². The van der Waals surface area contributed by atoms with Crippen LogP contribution in [0.25, 0.3) is 10.9 Å². The Morgan fingerprint density at radius 1 is 1.22 bits per heavy atom. The number of nitrogens with one attached hydrogen (secondary N) is 3. The van der Waals surface area contributed by atoms with Crippen LogP contribution in [0.3, 0.4) is 0 Å². The second-order valence-corrected chi connectivity index (χ2v) is 8.37. The van der Waals surface area contributed by atoms with Gasteiger partial charge in [0.15, 0.2) is 0 Å². The average Bonchev–Trinajstić information content (AvgIpc) is 3.12. The summed E-state index contributed by atoms with van der Waals surface area (Å²) >= 11 is 11.2. The molecule has 5 N–H and O–H groups in total. The molecule has 0 saturated carbocycles. The lowest BCUT2D eigenvalue weighted by molar-refractivity contribution is -0.144. The molecule has 0 aliphatic rings. The van der Waals surface area contributed by atoms with Gasteiger partial charge in [0.2, 0.25) is 5.91 Å². The fourth-order valence-corrected chi connectivity index (χ4v) is 3.24. The predicted octanol–water partition coefficient (Wildman–Crippen LogP) is 2.24. The van der Waals surface area contributed by atoms with Crippen LogP contribution in [0.2, 0.25) is 5.02 Å². The van der Waals surface area contributed by atoms with Crippen LogP contribution in [0.15, 0.2) is 24.3 Å². The number of nitrogens with zero attached hydrogens (tertiary/aromatic N) is 1. The third-order valence-corrected chi connectivity index (χ3v) is 4.86. The SMILES string of the molecule is CC(C)C[C@H](NC(=O)c1cc2cc(Cl)ccc2[nH]1)C(=O)NN(CCC(N)=O)C(=O)[C@@H](F)Cl. The smallest absolute Gasteiger partial charge is 0.291 e. The number of hydrazine groups is 1. The molecule has 174 valence electrons. The molecule has 4 amide bonds. The van der Waals surface area contributed by atoms with Gasteiger partial charge in [-0.3, -0.25) is 24.6 Å². The van der Waals surface area contributed by atoms with E-state index in [9.17, 15) is 23.6 Å². The lowest BCUT2D eigenvalue weighted by Gasteiger charge is -2.27. The molecule has 0 spiro atoms. The van der Waals surface area contributed by atoms with Crippen molar-refractivity contribution >= 4 is 57.7 Å². The van der Waals surface area contributed by atoms with E-state index in [0.29, 0.717) is 20.9 Å². The zero-order chi connectivity index (χ0) is 24.0. The number of aromatic nitrogens is 1. The van der Waals surface area contributed by atoms with Crippen molar-refractivity contribution in [2.45, 2.75) is 38.4 Å². The number of rotatable bonds is 9. The second-order valence-electron chi connectivity index (χ2n) is 7.55. The number of carbonyl (C=O) groups is 4. The minimum atomic E-state index is -2.43. The molecule has 2 rings (SSSR count). The average molecular weight is 488 g/mol. The van der Waals surface area contributed by atoms with E-state index in [1.807, 2.05) is 13.8 Å². The van der Waals surface area contributed by atoms with Gasteiger partial charge in [-0.05, 0) is 36.6 Å². The third-order valence-electron chi connectivity index (χ3n) is 4.44. The first-order valence-corrected chi connectivity index (χ1v) is 10.6. The molecule has 2 atom stereocenters. The Kier molecular flexibility index (Phi) is 8.85. The summed E-state index contributed by atoms with van der Waals surface area (Å²) in [5.74, 6) is -3.36. The Morgan fingerprint density at radius 3 is 2.50 bits per heavy atom. The lowest BCUT2D eigenvalue weighted by Crippen LogP contribution is -2.56. The maximum atomic E-state index is 13.3. The molecule has 1 heterocycles. The summed E-state index contributed by atoms with van der Waals surface area (Å²) in [7, 11) is 0. The summed E-state index contributed by atoms with van der Waals surface area (Å²) < 4.78 is 13.3. The van der Waals surface area contributed by atoms with E-state index in [1.54, 1.807) is 24.3 Å². The van der Waals surface area contributed by atoms with Crippen LogP contribution in [0.1, 0.15) is 37.2 Å². The summed E-state index contributed by atoms with van der Waals surface area (Å²) in [5, 5.41) is 4.41. The van der Waals surface area contributed by atoms with Crippen molar-refractivity contribution in [3.05, 3.63) is 35.0 Å².